The predicted octanol–water partition coefficient (Wildman–Crippen LogP) is 3.41. The Kier molecular flexibility index (Phi) is 2.45. The Labute approximate surface area is 66.6 Å². The summed E-state index contributed by atoms with van der Waals surface area (Å²) in [6.45, 7) is 0. The van der Waals surface area contributed by atoms with Gasteiger partial charge < -0.3 is 0 Å². The molecular weight excluding hydrogens is 191 g/mol. The zero-order valence-electron chi connectivity index (χ0n) is 5.14. The van der Waals surface area contributed by atoms with Crippen LogP contribution in [0.25, 0.3) is 0 Å². The molecule has 1 rings (SSSR count). The summed E-state index contributed by atoms with van der Waals surface area (Å²) in [5.41, 5.74) is 0. The van der Waals surface area contributed by atoms with Gasteiger partial charge in [-0.15, -0.1) is 0 Å². The van der Waals surface area contributed by atoms with Crippen molar-refractivity contribution in [2.45, 2.75) is 9.45 Å². The van der Waals surface area contributed by atoms with E-state index in [0.29, 0.717) is 4.22 Å². The standard InChI is InChI=1S/C5H5.CH3.2ClH.Ti/c1-2-4-5-3-1;;;;/h1-5H;1H3;2*1H;/q;;;;+2/p-2. The van der Waals surface area contributed by atoms with E-state index in [1.807, 2.05) is 17.4 Å². The summed E-state index contributed by atoms with van der Waals surface area (Å²) >= 11 is -2.41. The van der Waals surface area contributed by atoms with Gasteiger partial charge in [0.05, 0.1) is 0 Å². The first kappa shape index (κ1) is 7.88. The molecule has 0 nitrogen and oxygen atoms in total. The maximum atomic E-state index is 5.99. The van der Waals surface area contributed by atoms with Crippen molar-refractivity contribution in [3.05, 3.63) is 24.3 Å². The van der Waals surface area contributed by atoms with Gasteiger partial charge in [0.1, 0.15) is 0 Å². The Morgan fingerprint density at radius 3 is 1.89 bits per heavy atom. The predicted molar refractivity (Wildman–Crippen MR) is 39.6 cm³/mol. The van der Waals surface area contributed by atoms with Crippen molar-refractivity contribution in [2.24, 2.45) is 0 Å². The molecule has 0 atom stereocenters. The first-order chi connectivity index (χ1) is 4.11. The monoisotopic (exact) mass is 198 g/mol. The summed E-state index contributed by atoms with van der Waals surface area (Å²) in [4.78, 5) is 0. The van der Waals surface area contributed by atoms with Gasteiger partial charge in [-0.05, 0) is 0 Å². The van der Waals surface area contributed by atoms with E-state index in [4.69, 9.17) is 18.6 Å². The summed E-state index contributed by atoms with van der Waals surface area (Å²) in [6, 6.07) is 0. The summed E-state index contributed by atoms with van der Waals surface area (Å²) in [5.74, 6) is 0. The van der Waals surface area contributed by atoms with Crippen LogP contribution in [0, 0.1) is 0 Å². The Hall–Kier alpha value is 0.774. The number of hydrogen-bond acceptors (Lipinski definition) is 0. The molecule has 1 aliphatic carbocycles. The molecule has 50 valence electrons. The molecule has 0 radical (unpaired) electrons. The molecule has 1 aliphatic rings. The Morgan fingerprint density at radius 2 is 1.67 bits per heavy atom. The van der Waals surface area contributed by atoms with Crippen LogP contribution in [0.3, 0.4) is 0 Å². The molecular formula is C6H8Cl2Ti. The fraction of sp³-hybridized carbons (Fsp3) is 0.333. The molecule has 0 bridgehead atoms. The van der Waals surface area contributed by atoms with E-state index < -0.39 is 14.5 Å². The van der Waals surface area contributed by atoms with E-state index in [0.717, 1.165) is 0 Å². The van der Waals surface area contributed by atoms with Crippen LogP contribution in [-0.4, -0.2) is 0 Å². The summed E-state index contributed by atoms with van der Waals surface area (Å²) < 4.78 is 0.369. The molecule has 0 amide bonds. The van der Waals surface area contributed by atoms with Crippen LogP contribution >= 0.6 is 18.6 Å². The van der Waals surface area contributed by atoms with Crippen LogP contribution in [0.1, 0.15) is 0 Å². The zero-order chi connectivity index (χ0) is 6.91. The van der Waals surface area contributed by atoms with Gasteiger partial charge in [0, 0.05) is 0 Å². The average molecular weight is 199 g/mol. The molecule has 3 heteroatoms. The molecule has 0 aliphatic heterocycles. The van der Waals surface area contributed by atoms with Crippen molar-refractivity contribution in [3.8, 4) is 0 Å². The second-order valence-corrected chi connectivity index (χ2v) is 13.6. The van der Waals surface area contributed by atoms with Crippen molar-refractivity contribution in [1.29, 1.82) is 0 Å². The van der Waals surface area contributed by atoms with E-state index >= 15 is 0 Å². The van der Waals surface area contributed by atoms with Gasteiger partial charge in [0.2, 0.25) is 0 Å². The molecule has 0 aromatic carbocycles. The summed E-state index contributed by atoms with van der Waals surface area (Å²) in [6.07, 6.45) is 8.14. The Morgan fingerprint density at radius 1 is 1.22 bits per heavy atom. The fourth-order valence-electron chi connectivity index (χ4n) is 0.770. The molecule has 0 heterocycles. The molecule has 0 aromatic heterocycles. The number of rotatable bonds is 1. The van der Waals surface area contributed by atoms with Crippen LogP contribution in [0.5, 0.6) is 0 Å². The summed E-state index contributed by atoms with van der Waals surface area (Å²) in [5, 5.41) is 1.98. The van der Waals surface area contributed by atoms with Gasteiger partial charge in [0.25, 0.3) is 0 Å². The number of allylic oxidation sites excluding steroid dienone is 4. The molecule has 9 heavy (non-hydrogen) atoms. The molecule has 0 unspecified atom stereocenters. The van der Waals surface area contributed by atoms with Crippen molar-refractivity contribution in [3.63, 3.8) is 0 Å². The van der Waals surface area contributed by atoms with Crippen LogP contribution in [0.2, 0.25) is 9.45 Å². The van der Waals surface area contributed by atoms with E-state index in [1.54, 1.807) is 0 Å². The molecule has 0 fully saturated rings. The third-order valence-corrected chi connectivity index (χ3v) is 5.84. The van der Waals surface area contributed by atoms with Gasteiger partial charge in [-0.1, -0.05) is 0 Å². The van der Waals surface area contributed by atoms with Crippen LogP contribution in [0.15, 0.2) is 24.3 Å². The maximum absolute atomic E-state index is 5.99. The second-order valence-electron chi connectivity index (χ2n) is 2.25. The SMILES string of the molecule is [CH3][Ti]([Cl])([Cl])[CH]1C=CC=C1. The zero-order valence-corrected chi connectivity index (χ0v) is 8.22. The van der Waals surface area contributed by atoms with Gasteiger partial charge in [-0.25, -0.2) is 0 Å². The second kappa shape index (κ2) is 2.80. The Balaban J connectivity index is 2.64. The number of hydrogen-bond donors (Lipinski definition) is 0. The molecule has 0 saturated carbocycles. The summed E-state index contributed by atoms with van der Waals surface area (Å²) in [7, 11) is 12.0. The van der Waals surface area contributed by atoms with Gasteiger partial charge in [-0.2, -0.15) is 0 Å². The minimum absolute atomic E-state index is 0.369. The fourth-order valence-corrected chi connectivity index (χ4v) is 3.37. The van der Waals surface area contributed by atoms with E-state index in [1.165, 1.54) is 0 Å². The molecule has 0 aromatic rings. The molecule has 0 spiro atoms. The van der Waals surface area contributed by atoms with Crippen LogP contribution in [0.4, 0.5) is 0 Å². The molecule has 0 N–H and O–H groups in total. The normalized spacial score (nSPS) is 19.4. The topological polar surface area (TPSA) is 0 Å². The van der Waals surface area contributed by atoms with Gasteiger partial charge in [-0.3, -0.25) is 0 Å². The van der Waals surface area contributed by atoms with Gasteiger partial charge in [0.15, 0.2) is 0 Å². The van der Waals surface area contributed by atoms with E-state index in [2.05, 4.69) is 12.2 Å². The Bertz CT molecular complexity index is 143. The number of halogens is 2. The van der Waals surface area contributed by atoms with Gasteiger partial charge >= 0.3 is 66.8 Å². The average Bonchev–Trinajstić information content (AvgIpc) is 2.08. The van der Waals surface area contributed by atoms with Crippen molar-refractivity contribution in [2.75, 3.05) is 0 Å². The quantitative estimate of drug-likeness (QED) is 0.567. The van der Waals surface area contributed by atoms with Crippen molar-refractivity contribution < 1.29 is 14.5 Å². The van der Waals surface area contributed by atoms with Crippen LogP contribution in [-0.2, 0) is 14.5 Å². The van der Waals surface area contributed by atoms with E-state index in [9.17, 15) is 0 Å². The first-order valence-corrected chi connectivity index (χ1v) is 9.59. The van der Waals surface area contributed by atoms with E-state index in [-0.39, 0.29) is 0 Å². The first-order valence-electron chi connectivity index (χ1n) is 2.83. The van der Waals surface area contributed by atoms with Crippen molar-refractivity contribution in [1.82, 2.24) is 0 Å². The third kappa shape index (κ3) is 2.12. The third-order valence-electron chi connectivity index (χ3n) is 1.33. The molecule has 0 saturated heterocycles. The minimum atomic E-state index is -2.41. The van der Waals surface area contributed by atoms with Crippen molar-refractivity contribution >= 4 is 18.6 Å². The van der Waals surface area contributed by atoms with Crippen LogP contribution < -0.4 is 0 Å².